The Kier molecular flexibility index (Phi) is 6.11. The van der Waals surface area contributed by atoms with Gasteiger partial charge < -0.3 is 20.0 Å². The Labute approximate surface area is 204 Å². The van der Waals surface area contributed by atoms with E-state index in [-0.39, 0.29) is 17.3 Å². The van der Waals surface area contributed by atoms with Crippen molar-refractivity contribution in [3.63, 3.8) is 0 Å². The van der Waals surface area contributed by atoms with Gasteiger partial charge in [0.2, 0.25) is 5.91 Å². The number of thioether (sulfide) groups is 1. The number of rotatable bonds is 7. The van der Waals surface area contributed by atoms with E-state index < -0.39 is 0 Å². The number of anilines is 1. The summed E-state index contributed by atoms with van der Waals surface area (Å²) in [6.07, 6.45) is 0. The highest BCUT2D eigenvalue weighted by Crippen LogP contribution is 2.30. The number of benzene rings is 3. The zero-order valence-electron chi connectivity index (χ0n) is 19.0. The molecule has 0 aliphatic rings. The molecule has 2 heterocycles. The van der Waals surface area contributed by atoms with Crippen molar-refractivity contribution >= 4 is 34.4 Å². The van der Waals surface area contributed by atoms with E-state index in [4.69, 9.17) is 4.74 Å². The first-order valence-corrected chi connectivity index (χ1v) is 11.8. The molecule has 0 radical (unpaired) electrons. The van der Waals surface area contributed by atoms with Gasteiger partial charge in [0, 0.05) is 16.9 Å². The molecule has 5 aromatic rings. The predicted molar refractivity (Wildman–Crippen MR) is 136 cm³/mol. The number of fused-ring (bicyclic) bond motifs is 1. The van der Waals surface area contributed by atoms with Crippen molar-refractivity contribution in [2.45, 2.75) is 12.1 Å². The van der Waals surface area contributed by atoms with E-state index in [0.29, 0.717) is 27.7 Å². The number of aryl methyl sites for hydroxylation is 1. The van der Waals surface area contributed by atoms with Gasteiger partial charge in [-0.25, -0.2) is 4.79 Å². The zero-order chi connectivity index (χ0) is 24.4. The molecule has 0 fully saturated rings. The van der Waals surface area contributed by atoms with Gasteiger partial charge in [-0.15, -0.1) is 10.2 Å². The van der Waals surface area contributed by atoms with E-state index in [9.17, 15) is 9.59 Å². The molecule has 3 N–H and O–H groups in total. The average molecular weight is 487 g/mol. The molecule has 3 aromatic carbocycles. The number of carbonyl (C=O) groups excluding carboxylic acids is 1. The van der Waals surface area contributed by atoms with Crippen molar-refractivity contribution < 1.29 is 9.53 Å². The number of H-pyrrole nitrogens is 2. The molecule has 0 aliphatic heterocycles. The standard InChI is InChI=1S/C25H22N6O3S/c1-15-6-9-18(10-7-15)31-23(16-4-3-5-19(12-16)34-2)29-30-25(31)35-14-22(32)26-17-8-11-20-21(13-17)28-24(33)27-20/h3-13H,14H2,1-2H3,(H,26,32)(H2,27,28,33). The maximum absolute atomic E-state index is 12.7. The van der Waals surface area contributed by atoms with E-state index in [1.807, 2.05) is 60.0 Å². The third-order valence-corrected chi connectivity index (χ3v) is 6.31. The molecule has 10 heteroatoms. The van der Waals surface area contributed by atoms with Gasteiger partial charge >= 0.3 is 5.69 Å². The summed E-state index contributed by atoms with van der Waals surface area (Å²) in [5.74, 6) is 1.30. The SMILES string of the molecule is COc1cccc(-c2nnc(SCC(=O)Nc3ccc4[nH]c(=O)[nH]c4c3)n2-c2ccc(C)cc2)c1. The molecule has 0 atom stereocenters. The lowest BCUT2D eigenvalue weighted by Crippen LogP contribution is -2.14. The second kappa shape index (κ2) is 9.51. The van der Waals surface area contributed by atoms with Crippen LogP contribution in [0, 0.1) is 6.92 Å². The fourth-order valence-electron chi connectivity index (χ4n) is 3.68. The summed E-state index contributed by atoms with van der Waals surface area (Å²) in [7, 11) is 1.62. The van der Waals surface area contributed by atoms with Crippen LogP contribution in [0.2, 0.25) is 0 Å². The van der Waals surface area contributed by atoms with E-state index >= 15 is 0 Å². The monoisotopic (exact) mass is 486 g/mol. The summed E-state index contributed by atoms with van der Waals surface area (Å²) in [4.78, 5) is 29.5. The summed E-state index contributed by atoms with van der Waals surface area (Å²) in [5.41, 5.74) is 4.49. The van der Waals surface area contributed by atoms with Crippen LogP contribution in [0.4, 0.5) is 5.69 Å². The summed E-state index contributed by atoms with van der Waals surface area (Å²) in [5, 5.41) is 12.3. The van der Waals surface area contributed by atoms with Crippen molar-refractivity contribution in [3.8, 4) is 22.8 Å². The Hall–Kier alpha value is -4.31. The quantitative estimate of drug-likeness (QED) is 0.298. The van der Waals surface area contributed by atoms with E-state index in [0.717, 1.165) is 22.6 Å². The lowest BCUT2D eigenvalue weighted by Gasteiger charge is -2.11. The number of ether oxygens (including phenoxy) is 1. The maximum atomic E-state index is 12.7. The molecule has 1 amide bonds. The summed E-state index contributed by atoms with van der Waals surface area (Å²) in [6.45, 7) is 2.03. The second-order valence-corrected chi connectivity index (χ2v) is 8.83. The summed E-state index contributed by atoms with van der Waals surface area (Å²) < 4.78 is 7.30. The number of carbonyl (C=O) groups is 1. The lowest BCUT2D eigenvalue weighted by molar-refractivity contribution is -0.113. The van der Waals surface area contributed by atoms with Crippen LogP contribution < -0.4 is 15.7 Å². The Morgan fingerprint density at radius 1 is 1.03 bits per heavy atom. The van der Waals surface area contributed by atoms with Crippen LogP contribution in [0.25, 0.3) is 28.1 Å². The van der Waals surface area contributed by atoms with Crippen LogP contribution in [0.3, 0.4) is 0 Å². The fraction of sp³-hybridized carbons (Fsp3) is 0.120. The molecule has 0 aliphatic carbocycles. The molecule has 0 saturated carbocycles. The third kappa shape index (κ3) is 4.82. The topological polar surface area (TPSA) is 118 Å². The molecule has 35 heavy (non-hydrogen) atoms. The minimum absolute atomic E-state index is 0.129. The van der Waals surface area contributed by atoms with Gasteiger partial charge in [0.05, 0.1) is 23.9 Å². The normalized spacial score (nSPS) is 11.0. The first kappa shape index (κ1) is 22.5. The molecule has 9 nitrogen and oxygen atoms in total. The summed E-state index contributed by atoms with van der Waals surface area (Å²) in [6, 6.07) is 20.9. The molecule has 176 valence electrons. The summed E-state index contributed by atoms with van der Waals surface area (Å²) >= 11 is 1.29. The van der Waals surface area contributed by atoms with Crippen molar-refractivity contribution in [1.82, 2.24) is 24.7 Å². The Morgan fingerprint density at radius 2 is 1.83 bits per heavy atom. The number of hydrogen-bond acceptors (Lipinski definition) is 6. The van der Waals surface area contributed by atoms with Crippen LogP contribution >= 0.6 is 11.8 Å². The Balaban J connectivity index is 1.40. The highest BCUT2D eigenvalue weighted by molar-refractivity contribution is 7.99. The number of methoxy groups -OCH3 is 1. The molecule has 0 unspecified atom stereocenters. The minimum atomic E-state index is -0.290. The first-order chi connectivity index (χ1) is 17.0. The predicted octanol–water partition coefficient (Wildman–Crippen LogP) is 4.15. The van der Waals surface area contributed by atoms with Crippen molar-refractivity contribution in [2.24, 2.45) is 0 Å². The van der Waals surface area contributed by atoms with Gasteiger partial charge in [0.25, 0.3) is 0 Å². The molecular weight excluding hydrogens is 464 g/mol. The fourth-order valence-corrected chi connectivity index (χ4v) is 4.43. The molecule has 0 saturated heterocycles. The van der Waals surface area contributed by atoms with Crippen molar-refractivity contribution in [2.75, 3.05) is 18.2 Å². The lowest BCUT2D eigenvalue weighted by atomic mass is 10.2. The second-order valence-electron chi connectivity index (χ2n) is 7.89. The molecule has 5 rings (SSSR count). The number of aromatic amines is 2. The van der Waals surface area contributed by atoms with Gasteiger partial charge in [-0.1, -0.05) is 41.6 Å². The van der Waals surface area contributed by atoms with Crippen molar-refractivity contribution in [3.05, 3.63) is 82.8 Å². The number of nitrogens with one attached hydrogen (secondary N) is 3. The third-order valence-electron chi connectivity index (χ3n) is 5.39. The number of aromatic nitrogens is 5. The van der Waals surface area contributed by atoms with Gasteiger partial charge in [-0.2, -0.15) is 0 Å². The van der Waals surface area contributed by atoms with E-state index in [1.165, 1.54) is 11.8 Å². The van der Waals surface area contributed by atoms with Crippen LogP contribution in [0.1, 0.15) is 5.56 Å². The highest BCUT2D eigenvalue weighted by Gasteiger charge is 2.18. The number of nitrogens with zero attached hydrogens (tertiary/aromatic N) is 3. The number of hydrogen-bond donors (Lipinski definition) is 3. The van der Waals surface area contributed by atoms with Gasteiger partial charge in [-0.05, 0) is 49.4 Å². The van der Waals surface area contributed by atoms with Crippen molar-refractivity contribution in [1.29, 1.82) is 0 Å². The highest BCUT2D eigenvalue weighted by atomic mass is 32.2. The molecule has 0 bridgehead atoms. The molecule has 0 spiro atoms. The average Bonchev–Trinajstić information content (AvgIpc) is 3.45. The van der Waals surface area contributed by atoms with Crippen LogP contribution in [-0.4, -0.2) is 43.5 Å². The Bertz CT molecular complexity index is 1570. The Morgan fingerprint density at radius 3 is 2.63 bits per heavy atom. The van der Waals surface area contributed by atoms with Gasteiger partial charge in [0.1, 0.15) is 5.75 Å². The van der Waals surface area contributed by atoms with E-state index in [1.54, 1.807) is 25.3 Å². The first-order valence-electron chi connectivity index (χ1n) is 10.8. The van der Waals surface area contributed by atoms with Gasteiger partial charge in [0.15, 0.2) is 11.0 Å². The number of imidazole rings is 1. The van der Waals surface area contributed by atoms with Crippen LogP contribution in [0.5, 0.6) is 5.75 Å². The molecule has 2 aromatic heterocycles. The maximum Gasteiger partial charge on any atom is 0.323 e. The zero-order valence-corrected chi connectivity index (χ0v) is 19.8. The smallest absolute Gasteiger partial charge is 0.323 e. The minimum Gasteiger partial charge on any atom is -0.497 e. The van der Waals surface area contributed by atoms with Crippen LogP contribution in [-0.2, 0) is 4.79 Å². The van der Waals surface area contributed by atoms with Crippen LogP contribution in [0.15, 0.2) is 76.7 Å². The molecular formula is C25H22N6O3S. The largest absolute Gasteiger partial charge is 0.497 e. The van der Waals surface area contributed by atoms with Gasteiger partial charge in [-0.3, -0.25) is 9.36 Å². The number of amides is 1. The van der Waals surface area contributed by atoms with E-state index in [2.05, 4.69) is 25.5 Å².